The van der Waals surface area contributed by atoms with Gasteiger partial charge in [-0.25, -0.2) is 0 Å². The Bertz CT molecular complexity index is 643. The Morgan fingerprint density at radius 3 is 2.35 bits per heavy atom. The van der Waals surface area contributed by atoms with Crippen LogP contribution in [0, 0.1) is 0 Å². The van der Waals surface area contributed by atoms with Gasteiger partial charge in [-0.3, -0.25) is 4.79 Å². The first-order chi connectivity index (χ1) is 11.1. The van der Waals surface area contributed by atoms with Gasteiger partial charge in [-0.2, -0.15) is 0 Å². The van der Waals surface area contributed by atoms with Crippen LogP contribution < -0.4 is 9.47 Å². The van der Waals surface area contributed by atoms with Crippen LogP contribution in [0.5, 0.6) is 11.5 Å². The number of ether oxygens (including phenoxy) is 2. The molecule has 2 rings (SSSR count). The summed E-state index contributed by atoms with van der Waals surface area (Å²) >= 11 is 1.70. The van der Waals surface area contributed by atoms with Gasteiger partial charge in [0.25, 0.3) is 5.91 Å². The second-order valence-electron chi connectivity index (χ2n) is 5.04. The van der Waals surface area contributed by atoms with E-state index < -0.39 is 0 Å². The van der Waals surface area contributed by atoms with Crippen LogP contribution in [0.15, 0.2) is 53.4 Å². The molecule has 0 fully saturated rings. The van der Waals surface area contributed by atoms with E-state index in [1.54, 1.807) is 43.0 Å². The van der Waals surface area contributed by atoms with E-state index in [0.717, 1.165) is 5.56 Å². The van der Waals surface area contributed by atoms with Crippen molar-refractivity contribution in [3.63, 3.8) is 0 Å². The molecule has 0 heterocycles. The van der Waals surface area contributed by atoms with Crippen LogP contribution in [0.3, 0.4) is 0 Å². The normalized spacial score (nSPS) is 10.2. The second-order valence-corrected chi connectivity index (χ2v) is 5.92. The summed E-state index contributed by atoms with van der Waals surface area (Å²) in [5.74, 6) is 1.11. The van der Waals surface area contributed by atoms with Crippen molar-refractivity contribution < 1.29 is 14.3 Å². The Morgan fingerprint density at radius 1 is 1.09 bits per heavy atom. The largest absolute Gasteiger partial charge is 0.493 e. The fraction of sp³-hybridized carbons (Fsp3) is 0.278. The van der Waals surface area contributed by atoms with Crippen molar-refractivity contribution in [2.24, 2.45) is 0 Å². The average molecular weight is 331 g/mol. The molecule has 4 nitrogen and oxygen atoms in total. The number of amides is 1. The van der Waals surface area contributed by atoms with Gasteiger partial charge < -0.3 is 14.4 Å². The molecule has 0 aliphatic carbocycles. The summed E-state index contributed by atoms with van der Waals surface area (Å²) in [6.07, 6.45) is 2.04. The van der Waals surface area contributed by atoms with Crippen LogP contribution in [-0.2, 0) is 11.3 Å². The third-order valence-corrected chi connectivity index (χ3v) is 4.17. The maximum absolute atomic E-state index is 12.2. The SMILES string of the molecule is COc1ccccc1OCC(=O)N(C)Cc1ccc(SC)cc1. The Labute approximate surface area is 141 Å². The van der Waals surface area contributed by atoms with E-state index in [4.69, 9.17) is 9.47 Å². The number of rotatable bonds is 7. The van der Waals surface area contributed by atoms with Crippen molar-refractivity contribution in [2.45, 2.75) is 11.4 Å². The molecule has 1 amide bonds. The number of likely N-dealkylation sites (N-methyl/N-ethyl adjacent to an activating group) is 1. The highest BCUT2D eigenvalue weighted by molar-refractivity contribution is 7.98. The van der Waals surface area contributed by atoms with E-state index in [9.17, 15) is 4.79 Å². The Hall–Kier alpha value is -2.14. The Balaban J connectivity index is 1.89. The molecule has 0 saturated carbocycles. The first-order valence-electron chi connectivity index (χ1n) is 7.26. The minimum Gasteiger partial charge on any atom is -0.493 e. The van der Waals surface area contributed by atoms with Crippen LogP contribution in [0.25, 0.3) is 0 Å². The van der Waals surface area contributed by atoms with Gasteiger partial charge in [0.15, 0.2) is 18.1 Å². The van der Waals surface area contributed by atoms with Crippen molar-refractivity contribution in [2.75, 3.05) is 27.0 Å². The van der Waals surface area contributed by atoms with Crippen LogP contribution in [0.1, 0.15) is 5.56 Å². The van der Waals surface area contributed by atoms with Gasteiger partial charge in [-0.05, 0) is 36.1 Å². The smallest absolute Gasteiger partial charge is 0.260 e. The van der Waals surface area contributed by atoms with Crippen LogP contribution >= 0.6 is 11.8 Å². The topological polar surface area (TPSA) is 38.8 Å². The van der Waals surface area contributed by atoms with Crippen molar-refractivity contribution in [1.29, 1.82) is 0 Å². The molecule has 2 aromatic carbocycles. The van der Waals surface area contributed by atoms with E-state index in [-0.39, 0.29) is 12.5 Å². The lowest BCUT2D eigenvalue weighted by Crippen LogP contribution is -2.31. The average Bonchev–Trinajstić information content (AvgIpc) is 2.60. The number of para-hydroxylation sites is 2. The molecule has 5 heteroatoms. The standard InChI is InChI=1S/C18H21NO3S/c1-19(12-14-8-10-15(23-3)11-9-14)18(20)13-22-17-7-5-4-6-16(17)21-2/h4-11H,12-13H2,1-3H3. The summed E-state index contributed by atoms with van der Waals surface area (Å²) in [7, 11) is 3.35. The van der Waals surface area contributed by atoms with Crippen molar-refractivity contribution in [1.82, 2.24) is 4.90 Å². The molecule has 0 spiro atoms. The minimum atomic E-state index is -0.0788. The molecule has 0 aliphatic rings. The number of benzene rings is 2. The number of hydrogen-bond donors (Lipinski definition) is 0. The summed E-state index contributed by atoms with van der Waals surface area (Å²) < 4.78 is 10.8. The lowest BCUT2D eigenvalue weighted by Gasteiger charge is -2.18. The maximum atomic E-state index is 12.2. The van der Waals surface area contributed by atoms with E-state index in [1.165, 1.54) is 4.90 Å². The molecular weight excluding hydrogens is 310 g/mol. The summed E-state index contributed by atoms with van der Waals surface area (Å²) in [6, 6.07) is 15.5. The summed E-state index contributed by atoms with van der Waals surface area (Å²) in [5, 5.41) is 0. The molecule has 0 aromatic heterocycles. The van der Waals surface area contributed by atoms with Gasteiger partial charge in [-0.15, -0.1) is 11.8 Å². The molecule has 0 N–H and O–H groups in total. The zero-order valence-corrected chi connectivity index (χ0v) is 14.4. The van der Waals surface area contributed by atoms with Gasteiger partial charge in [0.05, 0.1) is 7.11 Å². The van der Waals surface area contributed by atoms with E-state index in [2.05, 4.69) is 12.1 Å². The number of nitrogens with zero attached hydrogens (tertiary/aromatic N) is 1. The Kier molecular flexibility index (Phi) is 6.35. The molecule has 0 aliphatic heterocycles. The van der Waals surface area contributed by atoms with Gasteiger partial charge >= 0.3 is 0 Å². The first kappa shape index (κ1) is 17.2. The third-order valence-electron chi connectivity index (χ3n) is 3.42. The van der Waals surface area contributed by atoms with Crippen LogP contribution in [0.2, 0.25) is 0 Å². The summed E-state index contributed by atoms with van der Waals surface area (Å²) in [5.41, 5.74) is 1.09. The number of methoxy groups -OCH3 is 1. The monoisotopic (exact) mass is 331 g/mol. The van der Waals surface area contributed by atoms with E-state index >= 15 is 0 Å². The Morgan fingerprint density at radius 2 is 1.74 bits per heavy atom. The van der Waals surface area contributed by atoms with E-state index in [0.29, 0.717) is 18.0 Å². The predicted molar refractivity (Wildman–Crippen MR) is 93.2 cm³/mol. The fourth-order valence-electron chi connectivity index (χ4n) is 2.08. The van der Waals surface area contributed by atoms with Gasteiger partial charge in [-0.1, -0.05) is 24.3 Å². The number of thioether (sulfide) groups is 1. The molecule has 0 atom stereocenters. The first-order valence-corrected chi connectivity index (χ1v) is 8.49. The minimum absolute atomic E-state index is 0.0141. The van der Waals surface area contributed by atoms with Gasteiger partial charge in [0.2, 0.25) is 0 Å². The molecular formula is C18H21NO3S. The number of hydrogen-bond acceptors (Lipinski definition) is 4. The lowest BCUT2D eigenvalue weighted by atomic mass is 10.2. The third kappa shape index (κ3) is 4.93. The van der Waals surface area contributed by atoms with E-state index in [1.807, 2.05) is 30.5 Å². The molecule has 0 bridgehead atoms. The fourth-order valence-corrected chi connectivity index (χ4v) is 2.49. The number of carbonyl (C=O) groups is 1. The van der Waals surface area contributed by atoms with Crippen LogP contribution in [-0.4, -0.2) is 37.8 Å². The quantitative estimate of drug-likeness (QED) is 0.729. The molecule has 122 valence electrons. The maximum Gasteiger partial charge on any atom is 0.260 e. The zero-order chi connectivity index (χ0) is 16.7. The second kappa shape index (κ2) is 8.48. The zero-order valence-electron chi connectivity index (χ0n) is 13.6. The van der Waals surface area contributed by atoms with Crippen molar-refractivity contribution in [3.05, 3.63) is 54.1 Å². The van der Waals surface area contributed by atoms with Crippen LogP contribution in [0.4, 0.5) is 0 Å². The molecule has 0 unspecified atom stereocenters. The molecule has 0 saturated heterocycles. The lowest BCUT2D eigenvalue weighted by molar-refractivity contribution is -0.132. The van der Waals surface area contributed by atoms with Crippen molar-refractivity contribution >= 4 is 17.7 Å². The number of carbonyl (C=O) groups excluding carboxylic acids is 1. The summed E-state index contributed by atoms with van der Waals surface area (Å²) in [6.45, 7) is 0.544. The highest BCUT2D eigenvalue weighted by atomic mass is 32.2. The van der Waals surface area contributed by atoms with Gasteiger partial charge in [0, 0.05) is 18.5 Å². The molecule has 0 radical (unpaired) electrons. The highest BCUT2D eigenvalue weighted by Gasteiger charge is 2.12. The molecule has 2 aromatic rings. The highest BCUT2D eigenvalue weighted by Crippen LogP contribution is 2.25. The van der Waals surface area contributed by atoms with Crippen molar-refractivity contribution in [3.8, 4) is 11.5 Å². The van der Waals surface area contributed by atoms with Gasteiger partial charge in [0.1, 0.15) is 0 Å². The summed E-state index contributed by atoms with van der Waals surface area (Å²) in [4.78, 5) is 15.1. The molecule has 23 heavy (non-hydrogen) atoms. The predicted octanol–water partition coefficient (Wildman–Crippen LogP) is 3.45.